The number of unbranched alkanes of at least 4 members (excludes halogenated alkanes) is 20. The van der Waals surface area contributed by atoms with E-state index in [1.54, 1.807) is 0 Å². The number of phosphoric acid groups is 1. The van der Waals surface area contributed by atoms with Gasteiger partial charge in [-0.3, -0.25) is 13.8 Å². The molecule has 61 heavy (non-hydrogen) atoms. The summed E-state index contributed by atoms with van der Waals surface area (Å²) in [6.45, 7) is 4.12. The van der Waals surface area contributed by atoms with Crippen LogP contribution in [0.1, 0.15) is 187 Å². The molecule has 0 aromatic carbocycles. The molecule has 12 nitrogen and oxygen atoms in total. The van der Waals surface area contributed by atoms with Crippen molar-refractivity contribution >= 4 is 13.8 Å². The molecule has 356 valence electrons. The smallest absolute Gasteiger partial charge is 0.457 e. The number of phosphoric ester groups is 1. The van der Waals surface area contributed by atoms with Crippen LogP contribution in [0.2, 0.25) is 0 Å². The molecular weight excluding hydrogens is 799 g/mol. The first-order valence-corrected chi connectivity index (χ1v) is 25.5. The largest absolute Gasteiger partial charge is 0.472 e. The van der Waals surface area contributed by atoms with Gasteiger partial charge in [0.2, 0.25) is 0 Å². The third-order valence-electron chi connectivity index (χ3n) is 10.9. The molecule has 13 heteroatoms. The second-order valence-electron chi connectivity index (χ2n) is 16.6. The van der Waals surface area contributed by atoms with E-state index in [9.17, 15) is 39.8 Å². The molecule has 0 heterocycles. The van der Waals surface area contributed by atoms with Crippen LogP contribution in [0.15, 0.2) is 48.6 Å². The Hall–Kier alpha value is -1.70. The lowest BCUT2D eigenvalue weighted by Gasteiger charge is -2.41. The maximum absolute atomic E-state index is 12.8. The normalized spacial score (nSPS) is 22.6. The fourth-order valence-electron chi connectivity index (χ4n) is 7.13. The molecule has 1 saturated carbocycles. The molecule has 1 aliphatic rings. The summed E-state index contributed by atoms with van der Waals surface area (Å²) in [5.41, 5.74) is 0. The van der Waals surface area contributed by atoms with Crippen molar-refractivity contribution in [2.24, 2.45) is 0 Å². The van der Waals surface area contributed by atoms with Crippen LogP contribution in [-0.2, 0) is 27.9 Å². The molecule has 0 aromatic rings. The zero-order valence-electron chi connectivity index (χ0n) is 38.0. The summed E-state index contributed by atoms with van der Waals surface area (Å²) >= 11 is 0. The second-order valence-corrected chi connectivity index (χ2v) is 18.0. The molecule has 0 aromatic heterocycles. The number of aliphatic hydroxyl groups excluding tert-OH is 5. The lowest BCUT2D eigenvalue weighted by atomic mass is 9.85. The van der Waals surface area contributed by atoms with Crippen molar-refractivity contribution in [1.82, 2.24) is 0 Å². The van der Waals surface area contributed by atoms with E-state index in [4.69, 9.17) is 18.5 Å². The fourth-order valence-corrected chi connectivity index (χ4v) is 8.10. The van der Waals surface area contributed by atoms with Crippen molar-refractivity contribution in [1.29, 1.82) is 0 Å². The molecule has 6 N–H and O–H groups in total. The number of carbonyl (C=O) groups excluding carboxylic acids is 1. The molecule has 1 rings (SSSR count). The molecule has 0 saturated heterocycles. The van der Waals surface area contributed by atoms with Gasteiger partial charge in [0.25, 0.3) is 0 Å². The molecule has 1 aliphatic carbocycles. The van der Waals surface area contributed by atoms with Gasteiger partial charge in [0.05, 0.1) is 13.2 Å². The Labute approximate surface area is 369 Å². The van der Waals surface area contributed by atoms with Crippen LogP contribution in [0.3, 0.4) is 0 Å². The molecule has 0 spiro atoms. The Morgan fingerprint density at radius 1 is 0.541 bits per heavy atom. The van der Waals surface area contributed by atoms with Crippen molar-refractivity contribution in [2.75, 3.05) is 19.8 Å². The van der Waals surface area contributed by atoms with Gasteiger partial charge in [-0.05, 0) is 70.6 Å². The van der Waals surface area contributed by atoms with E-state index in [0.717, 1.165) is 96.3 Å². The predicted octanol–water partition coefficient (Wildman–Crippen LogP) is 10.0. The summed E-state index contributed by atoms with van der Waals surface area (Å²) in [6, 6.07) is 0. The monoisotopic (exact) mass is 887 g/mol. The summed E-state index contributed by atoms with van der Waals surface area (Å²) in [7, 11) is -5.02. The zero-order chi connectivity index (χ0) is 44.8. The number of aliphatic hydroxyl groups is 5. The van der Waals surface area contributed by atoms with E-state index >= 15 is 0 Å². The van der Waals surface area contributed by atoms with Gasteiger partial charge in [-0.1, -0.05) is 159 Å². The Kier molecular flexibility index (Phi) is 36.4. The number of hydrogen-bond acceptors (Lipinski definition) is 11. The molecule has 0 aliphatic heterocycles. The maximum atomic E-state index is 12.8. The van der Waals surface area contributed by atoms with Crippen molar-refractivity contribution in [3.05, 3.63) is 48.6 Å². The number of rotatable bonds is 40. The molecular formula is C48H87O12P. The average Bonchev–Trinajstić information content (AvgIpc) is 3.24. The Morgan fingerprint density at radius 2 is 0.967 bits per heavy atom. The number of hydrogen-bond donors (Lipinski definition) is 6. The minimum atomic E-state index is -5.02. The highest BCUT2D eigenvalue weighted by molar-refractivity contribution is 7.47. The predicted molar refractivity (Wildman–Crippen MR) is 244 cm³/mol. The fraction of sp³-hybridized carbons (Fsp3) is 0.812. The SMILES string of the molecule is CC/C=C\C/C=C\C/C=C\CCCCCCCCOCC(COP(=O)(O)OC1C(O)C(O)C(O)C(O)C1O)OC(=O)CCCCCCCCC/C=C\CCCCCCCCC. The molecule has 0 radical (unpaired) electrons. The molecule has 0 amide bonds. The molecule has 6 unspecified atom stereocenters. The van der Waals surface area contributed by atoms with Gasteiger partial charge in [-0.15, -0.1) is 0 Å². The van der Waals surface area contributed by atoms with Crippen molar-refractivity contribution in [3.8, 4) is 0 Å². The second kappa shape index (κ2) is 38.7. The van der Waals surface area contributed by atoms with E-state index in [1.807, 2.05) is 0 Å². The summed E-state index contributed by atoms with van der Waals surface area (Å²) in [5, 5.41) is 50.2. The van der Waals surface area contributed by atoms with Gasteiger partial charge in [-0.2, -0.15) is 0 Å². The first-order valence-electron chi connectivity index (χ1n) is 24.0. The number of ether oxygens (including phenoxy) is 2. The van der Waals surface area contributed by atoms with E-state index in [-0.39, 0.29) is 13.0 Å². The third-order valence-corrected chi connectivity index (χ3v) is 11.9. The van der Waals surface area contributed by atoms with Gasteiger partial charge in [-0.25, -0.2) is 4.57 Å². The van der Waals surface area contributed by atoms with Gasteiger partial charge in [0, 0.05) is 13.0 Å². The quantitative estimate of drug-likeness (QED) is 0.0148. The van der Waals surface area contributed by atoms with Crippen LogP contribution in [0.25, 0.3) is 0 Å². The number of carbonyl (C=O) groups is 1. The minimum absolute atomic E-state index is 0.0880. The highest BCUT2D eigenvalue weighted by Crippen LogP contribution is 2.47. The van der Waals surface area contributed by atoms with Gasteiger partial charge >= 0.3 is 13.8 Å². The standard InChI is InChI=1S/C48H87O12P/c1-3-5-7-9-11-13-15-17-19-21-22-23-25-27-29-31-33-35-37-42(49)59-41(40-58-61(55,56)60-48-46(53)44(51)43(50)45(52)47(48)54)39-57-38-36-34-32-30-28-26-24-20-18-16-14-12-10-8-6-4-2/h6,8,12,14,18-21,41,43-48,50-54H,3-5,7,9-11,13,15-17,22-40H2,1-2H3,(H,55,56)/b8-6-,14-12-,20-18-,21-19-. The molecule has 1 fully saturated rings. The highest BCUT2D eigenvalue weighted by atomic mass is 31.2. The number of allylic oxidation sites excluding steroid dienone is 8. The molecule has 6 atom stereocenters. The van der Waals surface area contributed by atoms with Crippen LogP contribution in [0, 0.1) is 0 Å². The third kappa shape index (κ3) is 30.9. The Morgan fingerprint density at radius 3 is 1.49 bits per heavy atom. The lowest BCUT2D eigenvalue weighted by Crippen LogP contribution is -2.64. The number of esters is 1. The van der Waals surface area contributed by atoms with Gasteiger partial charge in [0.1, 0.15) is 42.7 Å². The van der Waals surface area contributed by atoms with E-state index in [1.165, 1.54) is 64.2 Å². The Bertz CT molecular complexity index is 1190. The van der Waals surface area contributed by atoms with Crippen LogP contribution in [0.5, 0.6) is 0 Å². The molecule has 0 bridgehead atoms. The van der Waals surface area contributed by atoms with E-state index in [2.05, 4.69) is 62.5 Å². The first kappa shape index (κ1) is 57.3. The topological polar surface area (TPSA) is 192 Å². The lowest BCUT2D eigenvalue weighted by molar-refractivity contribution is -0.220. The van der Waals surface area contributed by atoms with Crippen molar-refractivity contribution in [3.63, 3.8) is 0 Å². The Balaban J connectivity index is 2.39. The van der Waals surface area contributed by atoms with Gasteiger partial charge < -0.3 is 39.9 Å². The zero-order valence-corrected chi connectivity index (χ0v) is 38.8. The van der Waals surface area contributed by atoms with Crippen LogP contribution >= 0.6 is 7.82 Å². The van der Waals surface area contributed by atoms with Gasteiger partial charge in [0.15, 0.2) is 0 Å². The maximum Gasteiger partial charge on any atom is 0.472 e. The highest BCUT2D eigenvalue weighted by Gasteiger charge is 2.51. The van der Waals surface area contributed by atoms with Crippen molar-refractivity contribution < 1.29 is 58.3 Å². The minimum Gasteiger partial charge on any atom is -0.457 e. The van der Waals surface area contributed by atoms with Crippen LogP contribution < -0.4 is 0 Å². The first-order chi connectivity index (χ1) is 29.5. The van der Waals surface area contributed by atoms with Crippen molar-refractivity contribution in [2.45, 2.75) is 230 Å². The summed E-state index contributed by atoms with van der Waals surface area (Å²) in [6.07, 6.45) is 34.6. The van der Waals surface area contributed by atoms with Crippen LogP contribution in [0.4, 0.5) is 0 Å². The van der Waals surface area contributed by atoms with E-state index < -0.39 is 63.1 Å². The summed E-state index contributed by atoms with van der Waals surface area (Å²) in [5.74, 6) is -0.487. The summed E-state index contributed by atoms with van der Waals surface area (Å²) < 4.78 is 34.2. The van der Waals surface area contributed by atoms with E-state index in [0.29, 0.717) is 13.0 Å². The van der Waals surface area contributed by atoms with Crippen LogP contribution in [-0.4, -0.2) is 98.9 Å². The summed E-state index contributed by atoms with van der Waals surface area (Å²) in [4.78, 5) is 23.2. The average molecular weight is 887 g/mol.